The van der Waals surface area contributed by atoms with E-state index in [0.717, 1.165) is 17.9 Å². The molecule has 1 nitrogen and oxygen atoms in total. The Hall–Kier alpha value is -0.0400. The summed E-state index contributed by atoms with van der Waals surface area (Å²) in [5.41, 5.74) is 1.08. The zero-order valence-corrected chi connectivity index (χ0v) is 13.2. The molecule has 18 heavy (non-hydrogen) atoms. The predicted octanol–water partition coefficient (Wildman–Crippen LogP) is 4.62. The first-order valence-electron chi connectivity index (χ1n) is 8.13. The van der Waals surface area contributed by atoms with Crippen molar-refractivity contribution in [2.45, 2.75) is 79.2 Å². The van der Waals surface area contributed by atoms with E-state index < -0.39 is 0 Å². The summed E-state index contributed by atoms with van der Waals surface area (Å²) >= 11 is 0. The van der Waals surface area contributed by atoms with Crippen molar-refractivity contribution in [3.8, 4) is 0 Å². The molecule has 2 aliphatic rings. The quantitative estimate of drug-likeness (QED) is 0.752. The number of rotatable bonds is 5. The average Bonchev–Trinajstić information content (AvgIpc) is 2.69. The van der Waals surface area contributed by atoms with E-state index in [1.54, 1.807) is 0 Å². The van der Waals surface area contributed by atoms with E-state index in [-0.39, 0.29) is 0 Å². The summed E-state index contributed by atoms with van der Waals surface area (Å²) < 4.78 is 0. The maximum Gasteiger partial charge on any atom is 0.00673 e. The first kappa shape index (κ1) is 14.4. The lowest BCUT2D eigenvalue weighted by atomic mass is 9.83. The molecular formula is C17H33N. The molecule has 2 saturated carbocycles. The number of nitrogens with one attached hydrogen (secondary N) is 1. The van der Waals surface area contributed by atoms with Crippen LogP contribution in [0.4, 0.5) is 0 Å². The zero-order chi connectivity index (χ0) is 13.4. The molecule has 0 bridgehead atoms. The molecule has 1 heteroatoms. The molecule has 106 valence electrons. The summed E-state index contributed by atoms with van der Waals surface area (Å²) in [6.45, 7) is 13.3. The monoisotopic (exact) mass is 251 g/mol. The van der Waals surface area contributed by atoms with E-state index >= 15 is 0 Å². The fraction of sp³-hybridized carbons (Fsp3) is 1.00. The lowest BCUT2D eigenvalue weighted by Crippen LogP contribution is -2.35. The third-order valence-corrected chi connectivity index (χ3v) is 6.47. The molecule has 2 fully saturated rings. The van der Waals surface area contributed by atoms with Gasteiger partial charge < -0.3 is 5.32 Å². The van der Waals surface area contributed by atoms with Crippen LogP contribution in [0.15, 0.2) is 0 Å². The van der Waals surface area contributed by atoms with Gasteiger partial charge in [-0.25, -0.2) is 0 Å². The Bertz CT molecular complexity index is 257. The summed E-state index contributed by atoms with van der Waals surface area (Å²) in [5.74, 6) is 1.90. The van der Waals surface area contributed by atoms with Gasteiger partial charge in [-0.2, -0.15) is 0 Å². The second-order valence-electron chi connectivity index (χ2n) is 7.91. The molecule has 0 aromatic carbocycles. The second-order valence-corrected chi connectivity index (χ2v) is 7.91. The molecule has 2 rings (SSSR count). The number of hydrogen-bond acceptors (Lipinski definition) is 1. The lowest BCUT2D eigenvalue weighted by molar-refractivity contribution is 0.273. The molecule has 2 aliphatic carbocycles. The highest BCUT2D eigenvalue weighted by molar-refractivity contribution is 5.13. The molecule has 0 atom stereocenters. The Labute approximate surface area is 114 Å². The molecule has 0 saturated heterocycles. The largest absolute Gasteiger partial charge is 0.314 e. The molecular weight excluding hydrogens is 218 g/mol. The second kappa shape index (κ2) is 5.15. The van der Waals surface area contributed by atoms with Gasteiger partial charge in [0, 0.05) is 6.04 Å². The maximum absolute atomic E-state index is 3.86. The Morgan fingerprint density at radius 1 is 0.944 bits per heavy atom. The normalized spacial score (nSPS) is 34.5. The van der Waals surface area contributed by atoms with Crippen LogP contribution in [0, 0.1) is 22.7 Å². The van der Waals surface area contributed by atoms with Crippen LogP contribution < -0.4 is 5.32 Å². The van der Waals surface area contributed by atoms with Gasteiger partial charge in [-0.1, -0.05) is 47.5 Å². The Kier molecular flexibility index (Phi) is 4.11. The van der Waals surface area contributed by atoms with Gasteiger partial charge in [0.2, 0.25) is 0 Å². The lowest BCUT2D eigenvalue weighted by Gasteiger charge is -2.29. The van der Waals surface area contributed by atoms with E-state index in [2.05, 4.69) is 39.9 Å². The van der Waals surface area contributed by atoms with Crippen molar-refractivity contribution in [2.24, 2.45) is 22.7 Å². The summed E-state index contributed by atoms with van der Waals surface area (Å²) in [6, 6.07) is 0.810. The molecule has 1 N–H and O–H groups in total. The molecule has 0 aromatic heterocycles. The smallest absolute Gasteiger partial charge is 0.00673 e. The summed E-state index contributed by atoms with van der Waals surface area (Å²) in [5, 5.41) is 3.86. The van der Waals surface area contributed by atoms with Gasteiger partial charge in [-0.3, -0.25) is 0 Å². The van der Waals surface area contributed by atoms with Crippen LogP contribution in [-0.2, 0) is 0 Å². The van der Waals surface area contributed by atoms with E-state index in [1.807, 2.05) is 0 Å². The van der Waals surface area contributed by atoms with Gasteiger partial charge in [-0.05, 0) is 54.9 Å². The van der Waals surface area contributed by atoms with E-state index in [4.69, 9.17) is 0 Å². The SMILES string of the molecule is CCCC1CCC(NCC2C(C)(C)C2(C)C)CC1. The fourth-order valence-electron chi connectivity index (χ4n) is 4.19. The van der Waals surface area contributed by atoms with Gasteiger partial charge >= 0.3 is 0 Å². The third-order valence-electron chi connectivity index (χ3n) is 6.47. The standard InChI is InChI=1S/C17H33N/c1-6-7-13-8-10-14(11-9-13)18-12-15-16(2,3)17(15,4)5/h13-15,18H,6-12H2,1-5H3. The van der Waals surface area contributed by atoms with Gasteiger partial charge in [0.15, 0.2) is 0 Å². The summed E-state index contributed by atoms with van der Waals surface area (Å²) in [6.07, 6.45) is 8.57. The minimum absolute atomic E-state index is 0.541. The van der Waals surface area contributed by atoms with Gasteiger partial charge in [0.25, 0.3) is 0 Å². The van der Waals surface area contributed by atoms with Gasteiger partial charge in [0.05, 0.1) is 0 Å². The Balaban J connectivity index is 1.68. The van der Waals surface area contributed by atoms with Crippen LogP contribution in [0.3, 0.4) is 0 Å². The minimum atomic E-state index is 0.541. The molecule has 0 unspecified atom stereocenters. The summed E-state index contributed by atoms with van der Waals surface area (Å²) in [7, 11) is 0. The maximum atomic E-state index is 3.86. The average molecular weight is 251 g/mol. The van der Waals surface area contributed by atoms with E-state index in [0.29, 0.717) is 10.8 Å². The predicted molar refractivity (Wildman–Crippen MR) is 79.7 cm³/mol. The van der Waals surface area contributed by atoms with Crippen LogP contribution in [0.5, 0.6) is 0 Å². The zero-order valence-electron chi connectivity index (χ0n) is 13.2. The molecule has 0 radical (unpaired) electrons. The first-order valence-corrected chi connectivity index (χ1v) is 8.13. The van der Waals surface area contributed by atoms with Crippen molar-refractivity contribution >= 4 is 0 Å². The Morgan fingerprint density at radius 2 is 1.50 bits per heavy atom. The highest BCUT2D eigenvalue weighted by atomic mass is 14.9. The van der Waals surface area contributed by atoms with Gasteiger partial charge in [0.1, 0.15) is 0 Å². The topological polar surface area (TPSA) is 12.0 Å². The van der Waals surface area contributed by atoms with Crippen LogP contribution in [0.1, 0.15) is 73.1 Å². The molecule has 0 aromatic rings. The van der Waals surface area contributed by atoms with Crippen molar-refractivity contribution in [1.29, 1.82) is 0 Å². The van der Waals surface area contributed by atoms with Crippen molar-refractivity contribution < 1.29 is 0 Å². The number of hydrogen-bond donors (Lipinski definition) is 1. The van der Waals surface area contributed by atoms with E-state index in [9.17, 15) is 0 Å². The highest BCUT2D eigenvalue weighted by Gasteiger charge is 2.63. The minimum Gasteiger partial charge on any atom is -0.314 e. The van der Waals surface area contributed by atoms with E-state index in [1.165, 1.54) is 45.1 Å². The molecule has 0 amide bonds. The highest BCUT2D eigenvalue weighted by Crippen LogP contribution is 2.67. The van der Waals surface area contributed by atoms with Crippen LogP contribution in [-0.4, -0.2) is 12.6 Å². The van der Waals surface area contributed by atoms with Crippen molar-refractivity contribution in [3.63, 3.8) is 0 Å². The van der Waals surface area contributed by atoms with Gasteiger partial charge in [-0.15, -0.1) is 0 Å². The van der Waals surface area contributed by atoms with Crippen LogP contribution in [0.2, 0.25) is 0 Å². The van der Waals surface area contributed by atoms with Crippen LogP contribution in [0.25, 0.3) is 0 Å². The van der Waals surface area contributed by atoms with Crippen molar-refractivity contribution in [2.75, 3.05) is 6.54 Å². The molecule has 0 aliphatic heterocycles. The molecule has 0 heterocycles. The van der Waals surface area contributed by atoms with Crippen LogP contribution >= 0.6 is 0 Å². The van der Waals surface area contributed by atoms with Crippen molar-refractivity contribution in [1.82, 2.24) is 5.32 Å². The summed E-state index contributed by atoms with van der Waals surface area (Å²) in [4.78, 5) is 0. The first-order chi connectivity index (χ1) is 8.39. The van der Waals surface area contributed by atoms with Crippen molar-refractivity contribution in [3.05, 3.63) is 0 Å². The fourth-order valence-corrected chi connectivity index (χ4v) is 4.19. The third kappa shape index (κ3) is 2.61. The Morgan fingerprint density at radius 3 is 1.94 bits per heavy atom. The molecule has 0 spiro atoms.